The average Bonchev–Trinajstić information content (AvgIpc) is 3.93. The summed E-state index contributed by atoms with van der Waals surface area (Å²) in [7, 11) is 0. The molecule has 9 aromatic carbocycles. The summed E-state index contributed by atoms with van der Waals surface area (Å²) in [4.78, 5) is 5.02. The summed E-state index contributed by atoms with van der Waals surface area (Å²) in [6.07, 6.45) is 0. The molecule has 0 aliphatic rings. The summed E-state index contributed by atoms with van der Waals surface area (Å²) in [6, 6.07) is 81.7. The normalized spacial score (nSPS) is 11.3. The first-order chi connectivity index (χ1) is 29.8. The third kappa shape index (κ3) is 6.28. The van der Waals surface area contributed by atoms with E-state index in [0.717, 1.165) is 33.9 Å². The molecule has 0 spiro atoms. The quantitative estimate of drug-likeness (QED) is 0.154. The van der Waals surface area contributed by atoms with E-state index in [1.165, 1.54) is 60.8 Å². The van der Waals surface area contributed by atoms with Crippen LogP contribution >= 0.6 is 0 Å². The van der Waals surface area contributed by atoms with Crippen molar-refractivity contribution in [3.63, 3.8) is 0 Å². The van der Waals surface area contributed by atoms with Crippen LogP contribution in [0.5, 0.6) is 0 Å². The predicted molar refractivity (Wildman–Crippen MR) is 248 cm³/mol. The Morgan fingerprint density at radius 2 is 0.767 bits per heavy atom. The summed E-state index contributed by atoms with van der Waals surface area (Å²) in [5.41, 5.74) is 15.9. The summed E-state index contributed by atoms with van der Waals surface area (Å²) < 4.78 is 4.34. The minimum Gasteiger partial charge on any atom is -0.309 e. The van der Waals surface area contributed by atoms with Crippen LogP contribution in [0.1, 0.15) is 0 Å². The Hall–Kier alpha value is -8.08. The number of nitrogens with zero attached hydrogens (tertiary/aromatic N) is 4. The molecule has 0 saturated heterocycles. The van der Waals surface area contributed by atoms with Gasteiger partial charge in [0.15, 0.2) is 11.6 Å². The van der Waals surface area contributed by atoms with E-state index in [-0.39, 0.29) is 0 Å². The van der Waals surface area contributed by atoms with Crippen molar-refractivity contribution in [3.8, 4) is 78.7 Å². The fourth-order valence-electron chi connectivity index (χ4n) is 8.55. The third-order valence-electron chi connectivity index (χ3n) is 11.5. The summed E-state index contributed by atoms with van der Waals surface area (Å²) in [6.45, 7) is 0. The van der Waals surface area contributed by atoms with Crippen LogP contribution in [-0.2, 0) is 0 Å². The lowest BCUT2D eigenvalue weighted by atomic mass is 9.89. The van der Waals surface area contributed by atoms with Crippen LogP contribution in [0.2, 0.25) is 0 Å². The number of hydrogen-bond acceptors (Lipinski definition) is 2. The van der Waals surface area contributed by atoms with Gasteiger partial charge in [0.1, 0.15) is 0 Å². The van der Waals surface area contributed by atoms with E-state index >= 15 is 0 Å². The molecule has 0 saturated carbocycles. The SMILES string of the molecule is c1ccc(-c2ccc(-n3c4ccccc4c4cc(-c5ccccc5-c5ccccc5-c5ccc(-n6nc(-c7ccccc7)nc6-c6ccccc6)cc5)ccc43)cc2)cc1. The lowest BCUT2D eigenvalue weighted by Gasteiger charge is -2.15. The van der Waals surface area contributed by atoms with Gasteiger partial charge in [-0.15, -0.1) is 5.10 Å². The number of para-hydroxylation sites is 1. The van der Waals surface area contributed by atoms with Crippen molar-refractivity contribution in [2.75, 3.05) is 0 Å². The van der Waals surface area contributed by atoms with Crippen molar-refractivity contribution >= 4 is 21.8 Å². The summed E-state index contributed by atoms with van der Waals surface area (Å²) >= 11 is 0. The molecular formula is C56H38N4. The second-order valence-corrected chi connectivity index (χ2v) is 15.0. The zero-order valence-corrected chi connectivity index (χ0v) is 32.7. The molecular weight excluding hydrogens is 729 g/mol. The van der Waals surface area contributed by atoms with Crippen molar-refractivity contribution < 1.29 is 0 Å². The molecule has 0 aliphatic carbocycles. The molecule has 0 radical (unpaired) electrons. The van der Waals surface area contributed by atoms with Gasteiger partial charge in [-0.05, 0) is 87.0 Å². The monoisotopic (exact) mass is 766 g/mol. The molecule has 0 atom stereocenters. The highest BCUT2D eigenvalue weighted by Crippen LogP contribution is 2.41. The second-order valence-electron chi connectivity index (χ2n) is 15.0. The standard InChI is InChI=1S/C56H38N4/c1-4-16-39(17-5-1)40-28-33-45(34-29-40)59-53-27-15-14-26-51(53)52-38-44(32-37-54(52)59)48-23-11-13-25-50(48)49-24-12-10-22-47(49)41-30-35-46(36-31-41)60-56(43-20-8-3-9-21-43)57-55(58-60)42-18-6-2-7-19-42/h1-38H. The van der Waals surface area contributed by atoms with E-state index in [1.807, 2.05) is 41.1 Å². The largest absolute Gasteiger partial charge is 0.309 e. The van der Waals surface area contributed by atoms with Crippen molar-refractivity contribution in [3.05, 3.63) is 231 Å². The van der Waals surface area contributed by atoms with Gasteiger partial charge < -0.3 is 4.57 Å². The second kappa shape index (κ2) is 15.0. The summed E-state index contributed by atoms with van der Waals surface area (Å²) in [5, 5.41) is 7.48. The molecule has 0 unspecified atom stereocenters. The van der Waals surface area contributed by atoms with Crippen LogP contribution in [0.15, 0.2) is 231 Å². The first-order valence-corrected chi connectivity index (χ1v) is 20.3. The fraction of sp³-hybridized carbons (Fsp3) is 0. The molecule has 0 amide bonds. The Morgan fingerprint density at radius 3 is 1.43 bits per heavy atom. The Bertz CT molecular complexity index is 3270. The van der Waals surface area contributed by atoms with Gasteiger partial charge in [0.25, 0.3) is 0 Å². The zero-order valence-electron chi connectivity index (χ0n) is 32.7. The van der Waals surface area contributed by atoms with E-state index in [2.05, 4.69) is 199 Å². The maximum atomic E-state index is 5.02. The van der Waals surface area contributed by atoms with Crippen LogP contribution in [0.4, 0.5) is 0 Å². The topological polar surface area (TPSA) is 35.6 Å². The third-order valence-corrected chi connectivity index (χ3v) is 11.5. The van der Waals surface area contributed by atoms with Gasteiger partial charge in [0.2, 0.25) is 0 Å². The lowest BCUT2D eigenvalue weighted by Crippen LogP contribution is -1.99. The Kier molecular flexibility index (Phi) is 8.79. The summed E-state index contributed by atoms with van der Waals surface area (Å²) in [5.74, 6) is 1.50. The first kappa shape index (κ1) is 35.1. The average molecular weight is 767 g/mol. The van der Waals surface area contributed by atoms with Gasteiger partial charge in [0, 0.05) is 27.6 Å². The molecule has 0 fully saturated rings. The molecule has 2 aromatic heterocycles. The van der Waals surface area contributed by atoms with Gasteiger partial charge in [-0.25, -0.2) is 9.67 Å². The molecule has 4 nitrogen and oxygen atoms in total. The van der Waals surface area contributed by atoms with Gasteiger partial charge >= 0.3 is 0 Å². The number of rotatable bonds is 8. The molecule has 60 heavy (non-hydrogen) atoms. The van der Waals surface area contributed by atoms with Gasteiger partial charge in [-0.1, -0.05) is 188 Å². The molecule has 282 valence electrons. The minimum absolute atomic E-state index is 0.695. The molecule has 0 aliphatic heterocycles. The van der Waals surface area contributed by atoms with Crippen molar-refractivity contribution in [1.82, 2.24) is 19.3 Å². The highest BCUT2D eigenvalue weighted by atomic mass is 15.4. The number of fused-ring (bicyclic) bond motifs is 3. The predicted octanol–water partition coefficient (Wildman–Crippen LogP) is 14.4. The highest BCUT2D eigenvalue weighted by molar-refractivity contribution is 6.11. The van der Waals surface area contributed by atoms with Crippen LogP contribution in [0.25, 0.3) is 100 Å². The Morgan fingerprint density at radius 1 is 0.300 bits per heavy atom. The zero-order chi connectivity index (χ0) is 39.8. The molecule has 11 aromatic rings. The number of benzene rings is 9. The molecule has 0 bridgehead atoms. The maximum Gasteiger partial charge on any atom is 0.182 e. The smallest absolute Gasteiger partial charge is 0.182 e. The van der Waals surface area contributed by atoms with E-state index in [4.69, 9.17) is 10.1 Å². The molecule has 4 heteroatoms. The molecule has 11 rings (SSSR count). The van der Waals surface area contributed by atoms with E-state index in [1.54, 1.807) is 0 Å². The van der Waals surface area contributed by atoms with Crippen LogP contribution < -0.4 is 0 Å². The van der Waals surface area contributed by atoms with E-state index in [9.17, 15) is 0 Å². The van der Waals surface area contributed by atoms with Crippen molar-refractivity contribution in [2.45, 2.75) is 0 Å². The number of aromatic nitrogens is 4. The Labute approximate surface area is 348 Å². The molecule has 0 N–H and O–H groups in total. The fourth-order valence-corrected chi connectivity index (χ4v) is 8.55. The van der Waals surface area contributed by atoms with E-state index in [0.29, 0.717) is 5.82 Å². The van der Waals surface area contributed by atoms with Gasteiger partial charge in [0.05, 0.1) is 16.7 Å². The highest BCUT2D eigenvalue weighted by Gasteiger charge is 2.18. The van der Waals surface area contributed by atoms with Crippen LogP contribution in [-0.4, -0.2) is 19.3 Å². The van der Waals surface area contributed by atoms with Crippen LogP contribution in [0.3, 0.4) is 0 Å². The number of hydrogen-bond donors (Lipinski definition) is 0. The van der Waals surface area contributed by atoms with Crippen LogP contribution in [0, 0.1) is 0 Å². The van der Waals surface area contributed by atoms with Gasteiger partial charge in [-0.2, -0.15) is 0 Å². The molecule has 2 heterocycles. The van der Waals surface area contributed by atoms with Gasteiger partial charge in [-0.3, -0.25) is 0 Å². The van der Waals surface area contributed by atoms with E-state index < -0.39 is 0 Å². The lowest BCUT2D eigenvalue weighted by molar-refractivity contribution is 0.891. The maximum absolute atomic E-state index is 5.02. The van der Waals surface area contributed by atoms with Crippen molar-refractivity contribution in [2.24, 2.45) is 0 Å². The first-order valence-electron chi connectivity index (χ1n) is 20.3. The van der Waals surface area contributed by atoms with Crippen molar-refractivity contribution in [1.29, 1.82) is 0 Å². The minimum atomic E-state index is 0.695. The Balaban J connectivity index is 0.972.